The minimum absolute atomic E-state index is 0.457. The van der Waals surface area contributed by atoms with E-state index < -0.39 is 0 Å². The highest BCUT2D eigenvalue weighted by atomic mass is 16.5. The molecule has 2 unspecified atom stereocenters. The van der Waals surface area contributed by atoms with E-state index in [-0.39, 0.29) is 0 Å². The number of nitrogens with one attached hydrogen (secondary N) is 1. The molecule has 0 saturated heterocycles. The number of nitrogens with two attached hydrogens (primary N) is 1. The minimum atomic E-state index is 0.457. The van der Waals surface area contributed by atoms with Crippen molar-refractivity contribution in [2.45, 2.75) is 46.6 Å². The first kappa shape index (κ1) is 14.7. The van der Waals surface area contributed by atoms with Gasteiger partial charge in [0, 0.05) is 17.8 Å². The van der Waals surface area contributed by atoms with Gasteiger partial charge < -0.3 is 15.8 Å². The minimum Gasteiger partial charge on any atom is -0.492 e. The first-order valence-electron chi connectivity index (χ1n) is 6.85. The van der Waals surface area contributed by atoms with Gasteiger partial charge in [-0.05, 0) is 38.3 Å². The van der Waals surface area contributed by atoms with Crippen molar-refractivity contribution in [2.75, 3.05) is 17.7 Å². The lowest BCUT2D eigenvalue weighted by molar-refractivity contribution is 0.342. The molecule has 0 aliphatic carbocycles. The number of rotatable bonds is 7. The van der Waals surface area contributed by atoms with E-state index in [0.29, 0.717) is 18.3 Å². The summed E-state index contributed by atoms with van der Waals surface area (Å²) in [4.78, 5) is 0. The molecular weight excluding hydrogens is 224 g/mol. The van der Waals surface area contributed by atoms with Crippen LogP contribution in [0.1, 0.15) is 40.5 Å². The Bertz CT molecular complexity index is 366. The Kier molecular flexibility index (Phi) is 5.83. The third-order valence-corrected chi connectivity index (χ3v) is 3.18. The van der Waals surface area contributed by atoms with Crippen molar-refractivity contribution in [3.05, 3.63) is 18.2 Å². The molecule has 0 aromatic heterocycles. The molecule has 0 spiro atoms. The number of hydrogen-bond donors (Lipinski definition) is 2. The first-order valence-corrected chi connectivity index (χ1v) is 6.85. The van der Waals surface area contributed by atoms with Gasteiger partial charge in [-0.15, -0.1) is 0 Å². The average Bonchev–Trinajstić information content (AvgIpc) is 2.33. The van der Waals surface area contributed by atoms with E-state index in [2.05, 4.69) is 26.1 Å². The Morgan fingerprint density at radius 2 is 2.00 bits per heavy atom. The molecule has 3 nitrogen and oxygen atoms in total. The van der Waals surface area contributed by atoms with E-state index >= 15 is 0 Å². The molecule has 0 heterocycles. The van der Waals surface area contributed by atoms with Gasteiger partial charge in [-0.2, -0.15) is 0 Å². The third kappa shape index (κ3) is 4.47. The summed E-state index contributed by atoms with van der Waals surface area (Å²) in [5, 5.41) is 3.50. The van der Waals surface area contributed by atoms with Gasteiger partial charge in [-0.1, -0.05) is 20.3 Å². The topological polar surface area (TPSA) is 47.3 Å². The summed E-state index contributed by atoms with van der Waals surface area (Å²) >= 11 is 0. The third-order valence-electron chi connectivity index (χ3n) is 3.18. The molecule has 2 atom stereocenters. The Hall–Kier alpha value is -1.38. The van der Waals surface area contributed by atoms with E-state index in [1.54, 1.807) is 0 Å². The summed E-state index contributed by atoms with van der Waals surface area (Å²) in [6, 6.07) is 6.33. The molecule has 102 valence electrons. The summed E-state index contributed by atoms with van der Waals surface area (Å²) in [6.07, 6.45) is 2.39. The number of ether oxygens (including phenoxy) is 1. The molecular formula is C15H26N2O. The van der Waals surface area contributed by atoms with Crippen LogP contribution >= 0.6 is 0 Å². The zero-order valence-corrected chi connectivity index (χ0v) is 12.0. The van der Waals surface area contributed by atoms with Crippen LogP contribution in [0.5, 0.6) is 5.75 Å². The molecule has 0 aliphatic heterocycles. The summed E-state index contributed by atoms with van der Waals surface area (Å²) in [5.74, 6) is 1.51. The highest BCUT2D eigenvalue weighted by Crippen LogP contribution is 2.26. The molecule has 0 radical (unpaired) electrons. The summed E-state index contributed by atoms with van der Waals surface area (Å²) < 4.78 is 5.50. The van der Waals surface area contributed by atoms with Crippen molar-refractivity contribution in [1.82, 2.24) is 0 Å². The highest BCUT2D eigenvalue weighted by Gasteiger charge is 2.08. The van der Waals surface area contributed by atoms with Crippen LogP contribution < -0.4 is 15.8 Å². The predicted molar refractivity (Wildman–Crippen MR) is 79.2 cm³/mol. The molecule has 3 N–H and O–H groups in total. The van der Waals surface area contributed by atoms with Crippen molar-refractivity contribution >= 4 is 11.4 Å². The Labute approximate surface area is 111 Å². The number of benzene rings is 1. The predicted octanol–water partition coefficient (Wildman–Crippen LogP) is 3.90. The van der Waals surface area contributed by atoms with E-state index in [0.717, 1.165) is 17.4 Å². The molecule has 1 aromatic rings. The molecule has 1 rings (SSSR count). The maximum Gasteiger partial charge on any atom is 0.144 e. The van der Waals surface area contributed by atoms with Crippen LogP contribution in [-0.4, -0.2) is 12.6 Å². The van der Waals surface area contributed by atoms with E-state index in [9.17, 15) is 0 Å². The number of nitrogen functional groups attached to an aromatic ring is 1. The Morgan fingerprint density at radius 1 is 1.28 bits per heavy atom. The van der Waals surface area contributed by atoms with Gasteiger partial charge in [0.15, 0.2) is 0 Å². The molecule has 0 amide bonds. The quantitative estimate of drug-likeness (QED) is 0.721. The average molecular weight is 250 g/mol. The largest absolute Gasteiger partial charge is 0.492 e. The summed E-state index contributed by atoms with van der Waals surface area (Å²) in [7, 11) is 0. The Morgan fingerprint density at radius 3 is 2.61 bits per heavy atom. The van der Waals surface area contributed by atoms with E-state index in [1.165, 1.54) is 12.8 Å². The maximum absolute atomic E-state index is 5.86. The lowest BCUT2D eigenvalue weighted by atomic mass is 10.0. The molecule has 0 bridgehead atoms. The second-order valence-electron chi connectivity index (χ2n) is 4.98. The summed E-state index contributed by atoms with van der Waals surface area (Å²) in [5.41, 5.74) is 7.62. The smallest absolute Gasteiger partial charge is 0.144 e. The van der Waals surface area contributed by atoms with Crippen LogP contribution in [0, 0.1) is 5.92 Å². The molecule has 3 heteroatoms. The molecule has 0 aliphatic rings. The first-order chi connectivity index (χ1) is 8.56. The van der Waals surface area contributed by atoms with Gasteiger partial charge in [0.05, 0.1) is 12.3 Å². The number of anilines is 2. The van der Waals surface area contributed by atoms with Gasteiger partial charge in [0.2, 0.25) is 0 Å². The van der Waals surface area contributed by atoms with Gasteiger partial charge in [0.25, 0.3) is 0 Å². The molecule has 1 aromatic carbocycles. The van der Waals surface area contributed by atoms with Crippen molar-refractivity contribution in [1.29, 1.82) is 0 Å². The SMILES string of the molecule is CCOc1cc(NC(C)CC(C)CC)ccc1N. The van der Waals surface area contributed by atoms with Crippen molar-refractivity contribution in [3.8, 4) is 5.75 Å². The van der Waals surface area contributed by atoms with Crippen molar-refractivity contribution in [3.63, 3.8) is 0 Å². The van der Waals surface area contributed by atoms with Crippen molar-refractivity contribution < 1.29 is 4.74 Å². The van der Waals surface area contributed by atoms with Crippen LogP contribution in [0.25, 0.3) is 0 Å². The lowest BCUT2D eigenvalue weighted by Gasteiger charge is -2.19. The fourth-order valence-electron chi connectivity index (χ4n) is 2.02. The zero-order valence-electron chi connectivity index (χ0n) is 12.0. The van der Waals surface area contributed by atoms with E-state index in [1.807, 2.05) is 25.1 Å². The van der Waals surface area contributed by atoms with Gasteiger partial charge >= 0.3 is 0 Å². The fourth-order valence-corrected chi connectivity index (χ4v) is 2.02. The Balaban J connectivity index is 2.64. The number of hydrogen-bond acceptors (Lipinski definition) is 3. The summed E-state index contributed by atoms with van der Waals surface area (Å²) in [6.45, 7) is 9.32. The van der Waals surface area contributed by atoms with E-state index in [4.69, 9.17) is 10.5 Å². The second-order valence-corrected chi connectivity index (χ2v) is 4.98. The second kappa shape index (κ2) is 7.14. The maximum atomic E-state index is 5.86. The molecule has 0 fully saturated rings. The zero-order chi connectivity index (χ0) is 13.5. The molecule has 0 saturated carbocycles. The monoisotopic (exact) mass is 250 g/mol. The highest BCUT2D eigenvalue weighted by molar-refractivity contribution is 5.61. The molecule has 18 heavy (non-hydrogen) atoms. The van der Waals surface area contributed by atoms with Crippen LogP contribution in [0.4, 0.5) is 11.4 Å². The van der Waals surface area contributed by atoms with Gasteiger partial charge in [0.1, 0.15) is 5.75 Å². The van der Waals surface area contributed by atoms with Gasteiger partial charge in [-0.25, -0.2) is 0 Å². The van der Waals surface area contributed by atoms with Gasteiger partial charge in [-0.3, -0.25) is 0 Å². The van der Waals surface area contributed by atoms with Crippen LogP contribution in [0.3, 0.4) is 0 Å². The van der Waals surface area contributed by atoms with Crippen molar-refractivity contribution in [2.24, 2.45) is 5.92 Å². The standard InChI is InChI=1S/C15H26N2O/c1-5-11(3)9-12(4)17-13-7-8-14(16)15(10-13)18-6-2/h7-8,10-12,17H,5-6,9,16H2,1-4H3. The fraction of sp³-hybridized carbons (Fsp3) is 0.600. The normalized spacial score (nSPS) is 14.0. The van der Waals surface area contributed by atoms with Crippen LogP contribution in [-0.2, 0) is 0 Å². The lowest BCUT2D eigenvalue weighted by Crippen LogP contribution is -2.18. The van der Waals surface area contributed by atoms with Crippen LogP contribution in [0.15, 0.2) is 18.2 Å². The van der Waals surface area contributed by atoms with Crippen LogP contribution in [0.2, 0.25) is 0 Å².